The lowest BCUT2D eigenvalue weighted by molar-refractivity contribution is 0.0712. The van der Waals surface area contributed by atoms with E-state index in [4.69, 9.17) is 4.98 Å². The van der Waals surface area contributed by atoms with Crippen molar-refractivity contribution < 1.29 is 13.2 Å². The minimum atomic E-state index is -3.57. The predicted molar refractivity (Wildman–Crippen MR) is 131 cm³/mol. The summed E-state index contributed by atoms with van der Waals surface area (Å²) in [7, 11) is -3.57. The lowest BCUT2D eigenvalue weighted by atomic mass is 9.96. The number of carbonyl (C=O) groups is 1. The van der Waals surface area contributed by atoms with Gasteiger partial charge in [-0.3, -0.25) is 4.79 Å². The molecule has 0 N–H and O–H groups in total. The zero-order valence-electron chi connectivity index (χ0n) is 18.9. The second kappa shape index (κ2) is 9.16. The minimum Gasteiger partial charge on any atom is -0.339 e. The molecule has 6 nitrogen and oxygen atoms in total. The van der Waals surface area contributed by atoms with E-state index in [-0.39, 0.29) is 10.8 Å². The van der Waals surface area contributed by atoms with Gasteiger partial charge in [-0.05, 0) is 62.4 Å². The van der Waals surface area contributed by atoms with Gasteiger partial charge >= 0.3 is 0 Å². The molecule has 2 aliphatic heterocycles. The molecule has 5 rings (SSSR count). The summed E-state index contributed by atoms with van der Waals surface area (Å²) in [5, 5.41) is 1.15. The number of likely N-dealkylation sites (tertiary alicyclic amines) is 1. The van der Waals surface area contributed by atoms with Gasteiger partial charge in [-0.15, -0.1) is 11.3 Å². The maximum absolute atomic E-state index is 13.4. The van der Waals surface area contributed by atoms with Gasteiger partial charge in [0.15, 0.2) is 0 Å². The highest BCUT2D eigenvalue weighted by Crippen LogP contribution is 2.34. The van der Waals surface area contributed by atoms with Crippen molar-refractivity contribution in [2.75, 3.05) is 26.2 Å². The maximum Gasteiger partial charge on any atom is 0.254 e. The first-order chi connectivity index (χ1) is 15.9. The zero-order valence-corrected chi connectivity index (χ0v) is 20.5. The molecule has 3 aromatic rings. The molecule has 174 valence electrons. The minimum absolute atomic E-state index is 0.0778. The fourth-order valence-corrected chi connectivity index (χ4v) is 7.49. The van der Waals surface area contributed by atoms with Crippen molar-refractivity contribution in [1.82, 2.24) is 14.2 Å². The van der Waals surface area contributed by atoms with E-state index in [0.717, 1.165) is 48.2 Å². The number of para-hydroxylation sites is 1. The van der Waals surface area contributed by atoms with Crippen LogP contribution in [0, 0.1) is 6.92 Å². The van der Waals surface area contributed by atoms with Crippen LogP contribution in [-0.2, 0) is 10.0 Å². The van der Waals surface area contributed by atoms with Gasteiger partial charge in [0.05, 0.1) is 20.1 Å². The number of fused-ring (bicyclic) bond motifs is 1. The Kier molecular flexibility index (Phi) is 6.24. The van der Waals surface area contributed by atoms with Crippen molar-refractivity contribution in [3.8, 4) is 0 Å². The largest absolute Gasteiger partial charge is 0.339 e. The summed E-state index contributed by atoms with van der Waals surface area (Å²) in [4.78, 5) is 20.3. The van der Waals surface area contributed by atoms with Crippen molar-refractivity contribution in [2.45, 2.75) is 49.8 Å². The molecule has 0 spiro atoms. The van der Waals surface area contributed by atoms with Crippen LogP contribution in [0.25, 0.3) is 10.2 Å². The molecule has 0 atom stereocenters. The third-order valence-corrected chi connectivity index (χ3v) is 9.93. The Morgan fingerprint density at radius 2 is 1.73 bits per heavy atom. The van der Waals surface area contributed by atoms with E-state index in [9.17, 15) is 13.2 Å². The molecule has 0 saturated carbocycles. The molecule has 0 aliphatic carbocycles. The van der Waals surface area contributed by atoms with Gasteiger partial charge < -0.3 is 4.90 Å². The Morgan fingerprint density at radius 3 is 2.45 bits per heavy atom. The van der Waals surface area contributed by atoms with Crippen LogP contribution in [0.1, 0.15) is 59.0 Å². The lowest BCUT2D eigenvalue weighted by Gasteiger charge is -2.32. The third kappa shape index (κ3) is 4.44. The molecule has 8 heteroatoms. The van der Waals surface area contributed by atoms with E-state index in [1.165, 1.54) is 4.70 Å². The molecule has 0 radical (unpaired) electrons. The van der Waals surface area contributed by atoms with Crippen molar-refractivity contribution >= 4 is 37.5 Å². The second-order valence-corrected chi connectivity index (χ2v) is 12.0. The van der Waals surface area contributed by atoms with Gasteiger partial charge in [-0.25, -0.2) is 13.4 Å². The molecule has 1 amide bonds. The Balaban J connectivity index is 1.31. The number of rotatable bonds is 4. The van der Waals surface area contributed by atoms with Gasteiger partial charge in [0, 0.05) is 37.7 Å². The van der Waals surface area contributed by atoms with Crippen molar-refractivity contribution in [1.29, 1.82) is 0 Å². The zero-order chi connectivity index (χ0) is 23.0. The Morgan fingerprint density at radius 1 is 1.00 bits per heavy atom. The average Bonchev–Trinajstić information content (AvgIpc) is 3.29. The molecule has 2 fully saturated rings. The van der Waals surface area contributed by atoms with E-state index < -0.39 is 10.0 Å². The van der Waals surface area contributed by atoms with Crippen LogP contribution in [0.2, 0.25) is 0 Å². The lowest BCUT2D eigenvalue weighted by Crippen LogP contribution is -2.38. The molecular formula is C25H29N3O3S2. The number of hydrogen-bond acceptors (Lipinski definition) is 5. The predicted octanol–water partition coefficient (Wildman–Crippen LogP) is 4.80. The van der Waals surface area contributed by atoms with Crippen LogP contribution in [-0.4, -0.2) is 54.7 Å². The van der Waals surface area contributed by atoms with Crippen LogP contribution < -0.4 is 0 Å². The molecule has 0 bridgehead atoms. The molecule has 1 aromatic heterocycles. The fraction of sp³-hybridized carbons (Fsp3) is 0.440. The Hall–Kier alpha value is -2.29. The van der Waals surface area contributed by atoms with Crippen molar-refractivity contribution in [3.63, 3.8) is 0 Å². The molecular weight excluding hydrogens is 454 g/mol. The van der Waals surface area contributed by atoms with Gasteiger partial charge in [-0.2, -0.15) is 4.31 Å². The van der Waals surface area contributed by atoms with E-state index >= 15 is 0 Å². The maximum atomic E-state index is 13.4. The van der Waals surface area contributed by atoms with Crippen LogP contribution in [0.4, 0.5) is 0 Å². The van der Waals surface area contributed by atoms with Crippen LogP contribution >= 0.6 is 11.3 Å². The number of benzene rings is 2. The molecule has 2 aromatic carbocycles. The highest BCUT2D eigenvalue weighted by molar-refractivity contribution is 7.89. The summed E-state index contributed by atoms with van der Waals surface area (Å²) in [5.41, 5.74) is 2.34. The number of thiazole rings is 1. The molecule has 0 unspecified atom stereocenters. The van der Waals surface area contributed by atoms with Crippen LogP contribution in [0.15, 0.2) is 47.4 Å². The topological polar surface area (TPSA) is 70.6 Å². The smallest absolute Gasteiger partial charge is 0.254 e. The first kappa shape index (κ1) is 22.5. The standard InChI is InChI=1S/C25H29N3O3S2/c1-18-9-10-20(33(30,31)28-13-5-2-6-14-28)17-21(18)25(29)27-15-11-19(12-16-27)24-26-22-7-3-4-8-23(22)32-24/h3-4,7-10,17,19H,2,5-6,11-16H2,1H3. The van der Waals surface area contributed by atoms with Gasteiger partial charge in [0.1, 0.15) is 0 Å². The van der Waals surface area contributed by atoms with E-state index in [2.05, 4.69) is 6.07 Å². The number of piperidine rings is 2. The number of aromatic nitrogens is 1. The number of amides is 1. The summed E-state index contributed by atoms with van der Waals surface area (Å²) in [6.07, 6.45) is 4.59. The molecule has 2 aliphatic rings. The van der Waals surface area contributed by atoms with Gasteiger partial charge in [0.2, 0.25) is 10.0 Å². The number of sulfonamides is 1. The summed E-state index contributed by atoms with van der Waals surface area (Å²) in [5.74, 6) is 0.282. The number of aryl methyl sites for hydroxylation is 1. The molecule has 2 saturated heterocycles. The first-order valence-corrected chi connectivity index (χ1v) is 13.9. The van der Waals surface area contributed by atoms with Gasteiger partial charge in [0.25, 0.3) is 5.91 Å². The first-order valence-electron chi connectivity index (χ1n) is 11.7. The molecule has 33 heavy (non-hydrogen) atoms. The monoisotopic (exact) mass is 483 g/mol. The van der Waals surface area contributed by atoms with E-state index in [1.54, 1.807) is 33.8 Å². The summed E-state index contributed by atoms with van der Waals surface area (Å²) in [6, 6.07) is 13.2. The average molecular weight is 484 g/mol. The Labute approximate surface area is 199 Å². The summed E-state index contributed by atoms with van der Waals surface area (Å²) in [6.45, 7) is 4.29. The van der Waals surface area contributed by atoms with Crippen LogP contribution in [0.3, 0.4) is 0 Å². The van der Waals surface area contributed by atoms with Crippen molar-refractivity contribution in [2.24, 2.45) is 0 Å². The van der Waals surface area contributed by atoms with E-state index in [0.29, 0.717) is 37.7 Å². The van der Waals surface area contributed by atoms with Gasteiger partial charge in [-0.1, -0.05) is 24.6 Å². The Bertz CT molecular complexity index is 1240. The highest BCUT2D eigenvalue weighted by Gasteiger charge is 2.30. The number of nitrogens with zero attached hydrogens (tertiary/aromatic N) is 3. The normalized spacial score (nSPS) is 18.6. The number of hydrogen-bond donors (Lipinski definition) is 0. The quantitative estimate of drug-likeness (QED) is 0.535. The summed E-state index contributed by atoms with van der Waals surface area (Å²) >= 11 is 1.74. The fourth-order valence-electron chi connectivity index (χ4n) is 4.81. The highest BCUT2D eigenvalue weighted by atomic mass is 32.2. The SMILES string of the molecule is Cc1ccc(S(=O)(=O)N2CCCCC2)cc1C(=O)N1CCC(c2nc3ccccc3s2)CC1. The second-order valence-electron chi connectivity index (χ2n) is 9.03. The molecule has 3 heterocycles. The third-order valence-electron chi connectivity index (χ3n) is 6.83. The van der Waals surface area contributed by atoms with Crippen molar-refractivity contribution in [3.05, 3.63) is 58.6 Å². The summed E-state index contributed by atoms with van der Waals surface area (Å²) < 4.78 is 29.0. The van der Waals surface area contributed by atoms with E-state index in [1.807, 2.05) is 30.0 Å². The van der Waals surface area contributed by atoms with Crippen LogP contribution in [0.5, 0.6) is 0 Å². The number of carbonyl (C=O) groups excluding carboxylic acids is 1.